The van der Waals surface area contributed by atoms with Gasteiger partial charge in [0.25, 0.3) is 0 Å². The second-order valence-corrected chi connectivity index (χ2v) is 8.80. The SMILES string of the molecule is CCCc1nc(C(F)(F)F)ccc1/C=C/C(=O)NCc1ccc(NS(C)(=O)=O)c(C)c1. The lowest BCUT2D eigenvalue weighted by Gasteiger charge is -2.11. The summed E-state index contributed by atoms with van der Waals surface area (Å²) in [5.41, 5.74) is 1.70. The number of aromatic nitrogens is 1. The number of anilines is 1. The summed E-state index contributed by atoms with van der Waals surface area (Å²) in [7, 11) is -3.39. The maximum atomic E-state index is 12.9. The number of benzene rings is 1. The van der Waals surface area contributed by atoms with Gasteiger partial charge in [0.15, 0.2) is 0 Å². The van der Waals surface area contributed by atoms with Gasteiger partial charge in [-0.25, -0.2) is 13.4 Å². The van der Waals surface area contributed by atoms with E-state index in [9.17, 15) is 26.4 Å². The Kier molecular flexibility index (Phi) is 7.83. The molecule has 31 heavy (non-hydrogen) atoms. The number of hydrogen-bond acceptors (Lipinski definition) is 4. The van der Waals surface area contributed by atoms with Crippen LogP contribution in [0.4, 0.5) is 18.9 Å². The minimum Gasteiger partial charge on any atom is -0.348 e. The number of pyridine rings is 1. The zero-order valence-electron chi connectivity index (χ0n) is 17.4. The number of nitrogens with zero attached hydrogens (tertiary/aromatic N) is 1. The molecule has 0 spiro atoms. The molecule has 1 amide bonds. The fourth-order valence-electron chi connectivity index (χ4n) is 2.82. The molecule has 0 fully saturated rings. The highest BCUT2D eigenvalue weighted by Gasteiger charge is 2.32. The Morgan fingerprint density at radius 3 is 2.48 bits per heavy atom. The van der Waals surface area contributed by atoms with Crippen LogP contribution in [0.25, 0.3) is 6.08 Å². The number of aryl methyl sites for hydroxylation is 2. The molecule has 2 N–H and O–H groups in total. The number of hydrogen-bond donors (Lipinski definition) is 2. The van der Waals surface area contributed by atoms with Gasteiger partial charge < -0.3 is 5.32 Å². The number of halogens is 3. The third-order valence-corrected chi connectivity index (χ3v) is 4.84. The van der Waals surface area contributed by atoms with Gasteiger partial charge in [-0.05, 0) is 48.2 Å². The molecule has 0 aliphatic rings. The molecule has 1 aromatic heterocycles. The van der Waals surface area contributed by atoms with Crippen molar-refractivity contribution in [1.29, 1.82) is 0 Å². The Hall–Kier alpha value is -2.88. The average molecular weight is 456 g/mol. The summed E-state index contributed by atoms with van der Waals surface area (Å²) < 4.78 is 63.7. The maximum Gasteiger partial charge on any atom is 0.433 e. The van der Waals surface area contributed by atoms with Crippen molar-refractivity contribution in [3.8, 4) is 0 Å². The molecular weight excluding hydrogens is 431 g/mol. The van der Waals surface area contributed by atoms with Gasteiger partial charge in [0.2, 0.25) is 15.9 Å². The number of carbonyl (C=O) groups is 1. The quantitative estimate of drug-likeness (QED) is 0.588. The van der Waals surface area contributed by atoms with Crippen LogP contribution in [0, 0.1) is 6.92 Å². The Morgan fingerprint density at radius 2 is 1.90 bits per heavy atom. The van der Waals surface area contributed by atoms with Crippen molar-refractivity contribution in [2.75, 3.05) is 11.0 Å². The van der Waals surface area contributed by atoms with Crippen molar-refractivity contribution >= 4 is 27.7 Å². The van der Waals surface area contributed by atoms with Crippen LogP contribution in [-0.4, -0.2) is 25.6 Å². The van der Waals surface area contributed by atoms with Crippen molar-refractivity contribution in [2.24, 2.45) is 0 Å². The van der Waals surface area contributed by atoms with E-state index in [1.165, 1.54) is 18.2 Å². The summed E-state index contributed by atoms with van der Waals surface area (Å²) in [5, 5.41) is 2.69. The number of sulfonamides is 1. The van der Waals surface area contributed by atoms with Gasteiger partial charge in [-0.3, -0.25) is 9.52 Å². The highest BCUT2D eigenvalue weighted by atomic mass is 32.2. The molecule has 6 nitrogen and oxygen atoms in total. The molecule has 0 atom stereocenters. The van der Waals surface area contributed by atoms with E-state index in [1.807, 2.05) is 6.92 Å². The van der Waals surface area contributed by atoms with E-state index in [0.717, 1.165) is 17.9 Å². The van der Waals surface area contributed by atoms with Crippen molar-refractivity contribution in [1.82, 2.24) is 10.3 Å². The van der Waals surface area contributed by atoms with E-state index in [-0.39, 0.29) is 12.2 Å². The highest BCUT2D eigenvalue weighted by molar-refractivity contribution is 7.92. The smallest absolute Gasteiger partial charge is 0.348 e. The largest absolute Gasteiger partial charge is 0.433 e. The van der Waals surface area contributed by atoms with Gasteiger partial charge >= 0.3 is 6.18 Å². The fraction of sp³-hybridized carbons (Fsp3) is 0.333. The molecule has 168 valence electrons. The number of alkyl halides is 3. The lowest BCUT2D eigenvalue weighted by molar-refractivity contribution is -0.141. The van der Waals surface area contributed by atoms with Crippen molar-refractivity contribution in [2.45, 2.75) is 39.4 Å². The van der Waals surface area contributed by atoms with Gasteiger partial charge in [-0.2, -0.15) is 13.2 Å². The monoisotopic (exact) mass is 455 g/mol. The van der Waals surface area contributed by atoms with Crippen LogP contribution in [-0.2, 0) is 34.0 Å². The van der Waals surface area contributed by atoms with Gasteiger partial charge in [-0.15, -0.1) is 0 Å². The minimum absolute atomic E-state index is 0.205. The molecule has 1 heterocycles. The molecule has 0 saturated carbocycles. The molecule has 0 aliphatic carbocycles. The summed E-state index contributed by atoms with van der Waals surface area (Å²) in [6.45, 7) is 3.78. The van der Waals surface area contributed by atoms with E-state index in [0.29, 0.717) is 29.7 Å². The summed E-state index contributed by atoms with van der Waals surface area (Å²) in [4.78, 5) is 15.8. The van der Waals surface area contributed by atoms with Crippen molar-refractivity contribution < 1.29 is 26.4 Å². The Bertz CT molecular complexity index is 1080. The second kappa shape index (κ2) is 9.95. The minimum atomic E-state index is -4.52. The van der Waals surface area contributed by atoms with Crippen LogP contribution < -0.4 is 10.0 Å². The van der Waals surface area contributed by atoms with Crippen LogP contribution in [0.3, 0.4) is 0 Å². The summed E-state index contributed by atoms with van der Waals surface area (Å²) >= 11 is 0. The molecule has 0 radical (unpaired) electrons. The van der Waals surface area contributed by atoms with Crippen molar-refractivity contribution in [3.05, 3.63) is 64.5 Å². The average Bonchev–Trinajstić information content (AvgIpc) is 2.65. The Morgan fingerprint density at radius 1 is 1.19 bits per heavy atom. The number of carbonyl (C=O) groups excluding carboxylic acids is 1. The molecule has 2 rings (SSSR count). The van der Waals surface area contributed by atoms with E-state index in [1.54, 1.807) is 25.1 Å². The standard InChI is InChI=1S/C21H24F3N3O3S/c1-4-5-18-16(7-10-19(26-18)21(22,23)24)8-11-20(28)25-13-15-6-9-17(14(2)12-15)27-31(3,29)30/h6-12,27H,4-5,13H2,1-3H3,(H,25,28)/b11-8+. The zero-order chi connectivity index (χ0) is 23.2. The molecule has 1 aromatic carbocycles. The third kappa shape index (κ3) is 7.71. The molecule has 0 saturated heterocycles. The number of nitrogens with one attached hydrogen (secondary N) is 2. The lowest BCUT2D eigenvalue weighted by atomic mass is 10.1. The summed E-state index contributed by atoms with van der Waals surface area (Å²) in [6, 6.07) is 7.24. The summed E-state index contributed by atoms with van der Waals surface area (Å²) in [5.74, 6) is -0.418. The normalized spacial score (nSPS) is 12.2. The molecule has 0 aliphatic heterocycles. The zero-order valence-corrected chi connectivity index (χ0v) is 18.2. The van der Waals surface area contributed by atoms with Gasteiger partial charge in [0, 0.05) is 18.3 Å². The van der Waals surface area contributed by atoms with Gasteiger partial charge in [0.1, 0.15) is 5.69 Å². The fourth-order valence-corrected chi connectivity index (χ4v) is 3.45. The van der Waals surface area contributed by atoms with Gasteiger partial charge in [-0.1, -0.05) is 31.5 Å². The molecule has 0 unspecified atom stereocenters. The summed E-state index contributed by atoms with van der Waals surface area (Å²) in [6.07, 6.45) is 0.203. The first-order valence-electron chi connectivity index (χ1n) is 9.49. The first-order valence-corrected chi connectivity index (χ1v) is 11.4. The van der Waals surface area contributed by atoms with Crippen LogP contribution >= 0.6 is 0 Å². The first-order chi connectivity index (χ1) is 14.4. The van der Waals surface area contributed by atoms with E-state index < -0.39 is 27.8 Å². The Labute approximate surface area is 179 Å². The van der Waals surface area contributed by atoms with Crippen LogP contribution in [0.15, 0.2) is 36.4 Å². The van der Waals surface area contributed by atoms with E-state index >= 15 is 0 Å². The molecule has 10 heteroatoms. The first kappa shape index (κ1) is 24.4. The third-order valence-electron chi connectivity index (χ3n) is 4.25. The predicted octanol–water partition coefficient (Wildman–Crippen LogP) is 4.06. The maximum absolute atomic E-state index is 12.9. The van der Waals surface area contributed by atoms with Crippen LogP contribution in [0.1, 0.15) is 41.4 Å². The number of amides is 1. The molecule has 0 bridgehead atoms. The van der Waals surface area contributed by atoms with Crippen molar-refractivity contribution in [3.63, 3.8) is 0 Å². The van der Waals surface area contributed by atoms with E-state index in [2.05, 4.69) is 15.0 Å². The lowest BCUT2D eigenvalue weighted by Crippen LogP contribution is -2.20. The Balaban J connectivity index is 2.05. The van der Waals surface area contributed by atoms with E-state index in [4.69, 9.17) is 0 Å². The topological polar surface area (TPSA) is 88.2 Å². The number of rotatable bonds is 8. The predicted molar refractivity (Wildman–Crippen MR) is 114 cm³/mol. The van der Waals surface area contributed by atoms with Crippen LogP contribution in [0.2, 0.25) is 0 Å². The van der Waals surface area contributed by atoms with Crippen LogP contribution in [0.5, 0.6) is 0 Å². The second-order valence-electron chi connectivity index (χ2n) is 7.05. The molecule has 2 aromatic rings. The molecular formula is C21H24F3N3O3S. The van der Waals surface area contributed by atoms with Gasteiger partial charge in [0.05, 0.1) is 11.9 Å². The highest BCUT2D eigenvalue weighted by Crippen LogP contribution is 2.28.